The molecule has 2 rings (SSSR count). The first-order valence-corrected chi connectivity index (χ1v) is 6.72. The van der Waals surface area contributed by atoms with Crippen LogP contribution in [0.1, 0.15) is 26.5 Å². The number of hydrogen-bond donors (Lipinski definition) is 2. The molecule has 0 fully saturated rings. The first-order chi connectivity index (χ1) is 9.95. The molecular weight excluding hydrogens is 338 g/mol. The van der Waals surface area contributed by atoms with Gasteiger partial charge in [0.1, 0.15) is 0 Å². The molecule has 0 saturated heterocycles. The third-order valence-corrected chi connectivity index (χ3v) is 2.86. The lowest BCUT2D eigenvalue weighted by molar-refractivity contribution is 0.0660. The summed E-state index contributed by atoms with van der Waals surface area (Å²) in [7, 11) is 0. The third-order valence-electron chi connectivity index (χ3n) is 2.43. The predicted molar refractivity (Wildman–Crippen MR) is 82.2 cm³/mol. The Labute approximate surface area is 130 Å². The van der Waals surface area contributed by atoms with Crippen LogP contribution < -0.4 is 5.73 Å². The smallest absolute Gasteiger partial charge is 0.371 e. The number of hydrogen-bond acceptors (Lipinski definition) is 3. The van der Waals surface area contributed by atoms with Crippen molar-refractivity contribution in [3.63, 3.8) is 0 Å². The maximum absolute atomic E-state index is 10.9. The Kier molecular flexibility index (Phi) is 6.42. The monoisotopic (exact) mass is 351 g/mol. The van der Waals surface area contributed by atoms with Gasteiger partial charge in [-0.1, -0.05) is 24.3 Å². The van der Waals surface area contributed by atoms with Gasteiger partial charge >= 0.3 is 5.97 Å². The number of carbonyl (C=O) groups is 2. The molecule has 0 saturated carbocycles. The number of benzene rings is 1. The summed E-state index contributed by atoms with van der Waals surface area (Å²) in [5.74, 6) is -1.49. The molecule has 0 unspecified atom stereocenters. The SMILES string of the molecule is C=CCc1ccccc1C(N)=O.O=C(O)c1ccc(Br)o1. The first-order valence-electron chi connectivity index (χ1n) is 5.93. The number of amides is 1. The van der Waals surface area contributed by atoms with E-state index >= 15 is 0 Å². The summed E-state index contributed by atoms with van der Waals surface area (Å²) in [6, 6.07) is 10.2. The van der Waals surface area contributed by atoms with Crippen molar-refractivity contribution in [2.24, 2.45) is 5.73 Å². The van der Waals surface area contributed by atoms with E-state index < -0.39 is 5.97 Å². The summed E-state index contributed by atoms with van der Waals surface area (Å²) < 4.78 is 5.09. The maximum atomic E-state index is 10.9. The number of rotatable bonds is 4. The Morgan fingerprint density at radius 2 is 1.95 bits per heavy atom. The van der Waals surface area contributed by atoms with Crippen molar-refractivity contribution in [1.82, 2.24) is 0 Å². The fraction of sp³-hybridized carbons (Fsp3) is 0.0667. The summed E-state index contributed by atoms with van der Waals surface area (Å²) in [5.41, 5.74) is 6.68. The maximum Gasteiger partial charge on any atom is 0.371 e. The molecule has 0 radical (unpaired) electrons. The van der Waals surface area contributed by atoms with Crippen LogP contribution in [0.4, 0.5) is 0 Å². The van der Waals surface area contributed by atoms with E-state index in [1.807, 2.05) is 12.1 Å². The van der Waals surface area contributed by atoms with E-state index in [1.165, 1.54) is 12.1 Å². The van der Waals surface area contributed by atoms with Gasteiger partial charge in [0.15, 0.2) is 4.67 Å². The topological polar surface area (TPSA) is 93.5 Å². The number of halogens is 1. The highest BCUT2D eigenvalue weighted by molar-refractivity contribution is 9.10. The zero-order chi connectivity index (χ0) is 15.8. The molecule has 0 aliphatic rings. The second-order valence-electron chi connectivity index (χ2n) is 3.92. The van der Waals surface area contributed by atoms with Crippen LogP contribution in [-0.4, -0.2) is 17.0 Å². The number of furan rings is 1. The standard InChI is InChI=1S/C10H11NO.C5H3BrO3/c1-2-5-8-6-3-4-7-9(8)10(11)12;6-4-2-1-3(9-4)5(7)8/h2-4,6-7H,1,5H2,(H2,11,12);1-2H,(H,7,8). The second kappa shape index (κ2) is 8.06. The lowest BCUT2D eigenvalue weighted by Crippen LogP contribution is -2.13. The van der Waals surface area contributed by atoms with E-state index in [0.717, 1.165) is 5.56 Å². The molecule has 0 aliphatic heterocycles. The zero-order valence-corrected chi connectivity index (χ0v) is 12.7. The van der Waals surface area contributed by atoms with Gasteiger partial charge in [0, 0.05) is 5.56 Å². The van der Waals surface area contributed by atoms with Gasteiger partial charge in [0.25, 0.3) is 0 Å². The van der Waals surface area contributed by atoms with Crippen molar-refractivity contribution >= 4 is 27.8 Å². The van der Waals surface area contributed by atoms with Gasteiger partial charge in [-0.2, -0.15) is 0 Å². The summed E-state index contributed by atoms with van der Waals surface area (Å²) in [5, 5.41) is 8.28. The lowest BCUT2D eigenvalue weighted by Gasteiger charge is -2.01. The molecule has 1 aromatic carbocycles. The van der Waals surface area contributed by atoms with Crippen LogP contribution in [0.2, 0.25) is 0 Å². The van der Waals surface area contributed by atoms with Crippen molar-refractivity contribution in [3.05, 3.63) is 70.6 Å². The number of carbonyl (C=O) groups excluding carboxylic acids is 1. The van der Waals surface area contributed by atoms with Crippen LogP contribution >= 0.6 is 15.9 Å². The Balaban J connectivity index is 0.000000219. The minimum atomic E-state index is -1.05. The van der Waals surface area contributed by atoms with Crippen molar-refractivity contribution in [2.75, 3.05) is 0 Å². The first kappa shape index (κ1) is 16.7. The van der Waals surface area contributed by atoms with Crippen LogP contribution in [0.3, 0.4) is 0 Å². The van der Waals surface area contributed by atoms with E-state index in [9.17, 15) is 9.59 Å². The quantitative estimate of drug-likeness (QED) is 0.826. The molecule has 0 atom stereocenters. The number of aromatic carboxylic acids is 1. The molecule has 0 bridgehead atoms. The van der Waals surface area contributed by atoms with Gasteiger partial charge < -0.3 is 15.3 Å². The number of primary amides is 1. The highest BCUT2D eigenvalue weighted by atomic mass is 79.9. The normalized spacial score (nSPS) is 9.38. The van der Waals surface area contributed by atoms with Gasteiger partial charge in [-0.15, -0.1) is 6.58 Å². The van der Waals surface area contributed by atoms with Gasteiger partial charge in [0.05, 0.1) is 0 Å². The second-order valence-corrected chi connectivity index (χ2v) is 4.70. The van der Waals surface area contributed by atoms with Gasteiger partial charge in [-0.05, 0) is 46.1 Å². The zero-order valence-electron chi connectivity index (χ0n) is 11.1. The number of nitrogens with two attached hydrogens (primary N) is 1. The van der Waals surface area contributed by atoms with Gasteiger partial charge in [0.2, 0.25) is 11.7 Å². The van der Waals surface area contributed by atoms with E-state index in [2.05, 4.69) is 26.9 Å². The molecule has 21 heavy (non-hydrogen) atoms. The van der Waals surface area contributed by atoms with E-state index in [4.69, 9.17) is 10.8 Å². The van der Waals surface area contributed by atoms with Crippen LogP contribution in [0.25, 0.3) is 0 Å². The average Bonchev–Trinajstić information content (AvgIpc) is 2.87. The average molecular weight is 352 g/mol. The molecule has 1 heterocycles. The summed E-state index contributed by atoms with van der Waals surface area (Å²) in [6.45, 7) is 3.60. The summed E-state index contributed by atoms with van der Waals surface area (Å²) >= 11 is 2.97. The molecule has 110 valence electrons. The van der Waals surface area contributed by atoms with E-state index in [-0.39, 0.29) is 11.7 Å². The highest BCUT2D eigenvalue weighted by Crippen LogP contribution is 2.13. The van der Waals surface area contributed by atoms with Crippen molar-refractivity contribution in [3.8, 4) is 0 Å². The van der Waals surface area contributed by atoms with E-state index in [0.29, 0.717) is 16.7 Å². The molecule has 2 aromatic rings. The minimum absolute atomic E-state index is 0.0538. The molecule has 0 spiro atoms. The third kappa shape index (κ3) is 5.27. The largest absolute Gasteiger partial charge is 0.475 e. The predicted octanol–water partition coefficient (Wildman–Crippen LogP) is 3.25. The van der Waals surface area contributed by atoms with Crippen molar-refractivity contribution < 1.29 is 19.1 Å². The van der Waals surface area contributed by atoms with E-state index in [1.54, 1.807) is 18.2 Å². The molecule has 5 nitrogen and oxygen atoms in total. The van der Waals surface area contributed by atoms with Crippen molar-refractivity contribution in [1.29, 1.82) is 0 Å². The number of carboxylic acids is 1. The van der Waals surface area contributed by atoms with Crippen LogP contribution in [-0.2, 0) is 6.42 Å². The number of allylic oxidation sites excluding steroid dienone is 1. The Bertz CT molecular complexity index is 649. The Morgan fingerprint density at radius 3 is 2.38 bits per heavy atom. The van der Waals surface area contributed by atoms with Crippen LogP contribution in [0, 0.1) is 0 Å². The van der Waals surface area contributed by atoms with Gasteiger partial charge in [-0.3, -0.25) is 4.79 Å². The summed E-state index contributed by atoms with van der Waals surface area (Å²) in [6.07, 6.45) is 2.43. The van der Waals surface area contributed by atoms with Crippen LogP contribution in [0.15, 0.2) is 58.1 Å². The fourth-order valence-corrected chi connectivity index (χ4v) is 1.83. The number of carboxylic acid groups (broad SMARTS) is 1. The fourth-order valence-electron chi connectivity index (χ4n) is 1.52. The summed E-state index contributed by atoms with van der Waals surface area (Å²) in [4.78, 5) is 21.0. The molecular formula is C15H14BrNO4. The highest BCUT2D eigenvalue weighted by Gasteiger charge is 2.06. The lowest BCUT2D eigenvalue weighted by atomic mass is 10.0. The minimum Gasteiger partial charge on any atom is -0.475 e. The molecule has 6 heteroatoms. The van der Waals surface area contributed by atoms with Gasteiger partial charge in [-0.25, -0.2) is 4.79 Å². The molecule has 1 aromatic heterocycles. The Morgan fingerprint density at radius 1 is 1.29 bits per heavy atom. The molecule has 0 aliphatic carbocycles. The molecule has 1 amide bonds. The van der Waals surface area contributed by atoms with Crippen molar-refractivity contribution in [2.45, 2.75) is 6.42 Å². The molecule has 3 N–H and O–H groups in total. The van der Waals surface area contributed by atoms with Crippen LogP contribution in [0.5, 0.6) is 0 Å². The Hall–Kier alpha value is -2.34.